The van der Waals surface area contributed by atoms with Crippen LogP contribution in [-0.4, -0.2) is 18.7 Å². The van der Waals surface area contributed by atoms with Crippen LogP contribution in [0.3, 0.4) is 0 Å². The molecule has 34 heavy (non-hydrogen) atoms. The Balaban J connectivity index is 0.00000324. The third-order valence-electron chi connectivity index (χ3n) is 7.65. The van der Waals surface area contributed by atoms with Gasteiger partial charge < -0.3 is 4.90 Å². The fourth-order valence-corrected chi connectivity index (χ4v) is 5.49. The number of carbonyl (C=O) groups excluding carboxylic acids is 2. The number of anilines is 1. The van der Waals surface area contributed by atoms with Gasteiger partial charge in [-0.2, -0.15) is 0 Å². The Morgan fingerprint density at radius 3 is 2.38 bits per heavy atom. The molecule has 1 heterocycles. The number of carbonyl (C=O) groups is 2. The maximum atomic E-state index is 13.5. The summed E-state index contributed by atoms with van der Waals surface area (Å²) >= 11 is 0. The zero-order valence-corrected chi connectivity index (χ0v) is 20.1. The van der Waals surface area contributed by atoms with E-state index in [2.05, 4.69) is 31.2 Å². The van der Waals surface area contributed by atoms with Crippen molar-refractivity contribution >= 4 is 23.0 Å². The zero-order valence-electron chi connectivity index (χ0n) is 20.1. The third kappa shape index (κ3) is 6.05. The number of amides is 1. The van der Waals surface area contributed by atoms with Gasteiger partial charge in [-0.15, -0.1) is 0 Å². The summed E-state index contributed by atoms with van der Waals surface area (Å²) in [7, 11) is 1.87. The van der Waals surface area contributed by atoms with E-state index in [9.17, 15) is 9.59 Å². The Morgan fingerprint density at radius 2 is 1.65 bits per heavy atom. The minimum atomic E-state index is -0.247. The first-order chi connectivity index (χ1) is 16.0. The van der Waals surface area contributed by atoms with Gasteiger partial charge >= 0.3 is 0 Å². The lowest BCUT2D eigenvalue weighted by atomic mass is 9.83. The highest BCUT2D eigenvalue weighted by molar-refractivity contribution is 6.03. The number of para-hydroxylation sites is 1. The number of hydrogen-bond donors (Lipinski definition) is 0. The monoisotopic (exact) mass is 459 g/mol. The summed E-state index contributed by atoms with van der Waals surface area (Å²) in [4.78, 5) is 27.9. The Hall–Kier alpha value is -2.68. The highest BCUT2D eigenvalue weighted by atomic mass is 16.2. The van der Waals surface area contributed by atoms with Crippen LogP contribution in [0.2, 0.25) is 0 Å². The third-order valence-corrected chi connectivity index (χ3v) is 7.65. The van der Waals surface area contributed by atoms with Crippen molar-refractivity contribution in [2.75, 3.05) is 11.9 Å². The van der Waals surface area contributed by atoms with Gasteiger partial charge in [0.25, 0.3) is 0 Å². The van der Waals surface area contributed by atoms with Gasteiger partial charge in [-0.25, -0.2) is 0 Å². The molecular formula is C31H41NO2. The van der Waals surface area contributed by atoms with Crippen molar-refractivity contribution in [3.05, 3.63) is 71.8 Å². The normalized spacial score (nSPS) is 19.5. The van der Waals surface area contributed by atoms with E-state index in [-0.39, 0.29) is 25.2 Å². The first-order valence-electron chi connectivity index (χ1n) is 12.7. The highest BCUT2D eigenvalue weighted by Gasteiger charge is 2.32. The van der Waals surface area contributed by atoms with Gasteiger partial charge in [0, 0.05) is 25.5 Å². The molecule has 0 radical (unpaired) electrons. The van der Waals surface area contributed by atoms with Crippen LogP contribution in [-0.2, 0) is 9.59 Å². The van der Waals surface area contributed by atoms with Gasteiger partial charge in [0.1, 0.15) is 5.78 Å². The van der Waals surface area contributed by atoms with Crippen LogP contribution in [0.25, 0.3) is 5.57 Å². The number of hydrogen-bond acceptors (Lipinski definition) is 2. The minimum Gasteiger partial charge on any atom is -0.314 e. The Bertz CT molecular complexity index is 988. The Kier molecular flexibility index (Phi) is 9.27. The van der Waals surface area contributed by atoms with Gasteiger partial charge in [0.2, 0.25) is 5.91 Å². The second kappa shape index (κ2) is 12.1. The van der Waals surface area contributed by atoms with Gasteiger partial charge in [-0.1, -0.05) is 101 Å². The molecule has 1 aliphatic heterocycles. The lowest BCUT2D eigenvalue weighted by Crippen LogP contribution is -2.34. The SMILES string of the molecule is C.CC(CCC(=O)CCC1CCCCC1)C1C=C(c2ccccc2)c2ccccc2N(C)C1=O. The average Bonchev–Trinajstić information content (AvgIpc) is 2.97. The molecule has 0 bridgehead atoms. The molecular weight excluding hydrogens is 418 g/mol. The molecule has 1 amide bonds. The number of rotatable bonds is 8. The standard InChI is InChI=1S/C30H37NO2.CH4/c1-22(17-19-25(32)20-18-23-11-5-3-6-12-23)27-21-28(24-13-7-4-8-14-24)26-15-9-10-16-29(26)31(2)30(27)33;/h4,7-10,13-16,21-23,27H,3,5-6,11-12,17-20H2,1-2H3;1H4. The number of benzene rings is 2. The van der Waals surface area contributed by atoms with Gasteiger partial charge in [-0.3, -0.25) is 9.59 Å². The van der Waals surface area contributed by atoms with Crippen molar-refractivity contribution in [3.63, 3.8) is 0 Å². The highest BCUT2D eigenvalue weighted by Crippen LogP contribution is 2.38. The van der Waals surface area contributed by atoms with E-state index < -0.39 is 0 Å². The summed E-state index contributed by atoms with van der Waals surface area (Å²) in [6, 6.07) is 18.4. The van der Waals surface area contributed by atoms with Gasteiger partial charge in [0.15, 0.2) is 0 Å². The van der Waals surface area contributed by atoms with Crippen LogP contribution in [0.4, 0.5) is 5.69 Å². The Labute approximate surface area is 206 Å². The maximum absolute atomic E-state index is 13.5. The molecule has 2 atom stereocenters. The van der Waals surface area contributed by atoms with Crippen molar-refractivity contribution in [1.29, 1.82) is 0 Å². The van der Waals surface area contributed by atoms with Crippen molar-refractivity contribution in [3.8, 4) is 0 Å². The molecule has 182 valence electrons. The summed E-state index contributed by atoms with van der Waals surface area (Å²) in [5.74, 6) is 1.07. The smallest absolute Gasteiger partial charge is 0.233 e. The molecule has 2 aromatic rings. The molecule has 1 fully saturated rings. The Morgan fingerprint density at radius 1 is 0.971 bits per heavy atom. The van der Waals surface area contributed by atoms with Crippen LogP contribution in [0.15, 0.2) is 60.7 Å². The van der Waals surface area contributed by atoms with Gasteiger partial charge in [0.05, 0.1) is 11.6 Å². The largest absolute Gasteiger partial charge is 0.314 e. The second-order valence-electron chi connectivity index (χ2n) is 9.98. The summed E-state index contributed by atoms with van der Waals surface area (Å²) in [5, 5.41) is 0. The molecule has 2 aromatic carbocycles. The molecule has 2 unspecified atom stereocenters. The molecule has 0 N–H and O–H groups in total. The summed E-state index contributed by atoms with van der Waals surface area (Å²) in [6.07, 6.45) is 11.8. The average molecular weight is 460 g/mol. The molecule has 0 spiro atoms. The van der Waals surface area contributed by atoms with Crippen LogP contribution in [0.1, 0.15) is 83.3 Å². The second-order valence-corrected chi connectivity index (χ2v) is 9.98. The molecule has 4 rings (SSSR count). The van der Waals surface area contributed by atoms with E-state index in [1.54, 1.807) is 4.90 Å². The van der Waals surface area contributed by atoms with Crippen LogP contribution in [0.5, 0.6) is 0 Å². The van der Waals surface area contributed by atoms with E-state index in [1.165, 1.54) is 32.1 Å². The number of fused-ring (bicyclic) bond motifs is 1. The van der Waals surface area contributed by atoms with Crippen LogP contribution >= 0.6 is 0 Å². The summed E-state index contributed by atoms with van der Waals surface area (Å²) in [5.41, 5.74) is 4.24. The molecule has 2 aliphatic rings. The van der Waals surface area contributed by atoms with E-state index in [0.717, 1.165) is 41.1 Å². The first-order valence-corrected chi connectivity index (χ1v) is 12.7. The molecule has 0 aromatic heterocycles. The van der Waals surface area contributed by atoms with E-state index >= 15 is 0 Å². The number of Topliss-reactive ketones (excluding diaryl/α,β-unsaturated/α-hetero) is 1. The topological polar surface area (TPSA) is 37.4 Å². The predicted molar refractivity (Wildman–Crippen MR) is 143 cm³/mol. The predicted octanol–water partition coefficient (Wildman–Crippen LogP) is 7.69. The van der Waals surface area contributed by atoms with E-state index in [1.807, 2.05) is 43.4 Å². The quantitative estimate of drug-likeness (QED) is 0.406. The molecule has 1 aliphatic carbocycles. The maximum Gasteiger partial charge on any atom is 0.233 e. The summed E-state index contributed by atoms with van der Waals surface area (Å²) in [6.45, 7) is 2.12. The number of nitrogens with zero attached hydrogens (tertiary/aromatic N) is 1. The summed E-state index contributed by atoms with van der Waals surface area (Å²) < 4.78 is 0. The van der Waals surface area contributed by atoms with E-state index in [0.29, 0.717) is 18.6 Å². The lowest BCUT2D eigenvalue weighted by molar-refractivity contribution is -0.123. The lowest BCUT2D eigenvalue weighted by Gasteiger charge is -2.25. The molecule has 3 heteroatoms. The van der Waals surface area contributed by atoms with Crippen LogP contribution < -0.4 is 4.90 Å². The van der Waals surface area contributed by atoms with Crippen molar-refractivity contribution in [2.45, 2.75) is 72.1 Å². The fraction of sp³-hybridized carbons (Fsp3) is 0.484. The zero-order chi connectivity index (χ0) is 23.2. The van der Waals surface area contributed by atoms with Crippen molar-refractivity contribution in [1.82, 2.24) is 0 Å². The molecule has 0 saturated heterocycles. The molecule has 1 saturated carbocycles. The molecule has 3 nitrogen and oxygen atoms in total. The fourth-order valence-electron chi connectivity index (χ4n) is 5.49. The van der Waals surface area contributed by atoms with Crippen LogP contribution in [0, 0.1) is 17.8 Å². The van der Waals surface area contributed by atoms with Crippen molar-refractivity contribution < 1.29 is 9.59 Å². The number of ketones is 1. The first kappa shape index (κ1) is 25.9. The minimum absolute atomic E-state index is 0. The van der Waals surface area contributed by atoms with E-state index in [4.69, 9.17) is 0 Å². The van der Waals surface area contributed by atoms with Crippen molar-refractivity contribution in [2.24, 2.45) is 17.8 Å². The van der Waals surface area contributed by atoms with Gasteiger partial charge in [-0.05, 0) is 41.9 Å².